The SMILES string of the molecule is CC(C)N[C@@H](Cc1ccccc1)C(=O)N[C@@H](C)C(=O)Nc1ccc(COC(=O)C(C)C)cc1. The summed E-state index contributed by atoms with van der Waals surface area (Å²) >= 11 is 0. The highest BCUT2D eigenvalue weighted by Gasteiger charge is 2.23. The topological polar surface area (TPSA) is 96.5 Å². The molecular formula is C26H35N3O4. The van der Waals surface area contributed by atoms with Gasteiger partial charge in [0.25, 0.3) is 0 Å². The second-order valence-electron chi connectivity index (χ2n) is 8.74. The van der Waals surface area contributed by atoms with Crippen molar-refractivity contribution in [3.05, 3.63) is 65.7 Å². The summed E-state index contributed by atoms with van der Waals surface area (Å²) in [7, 11) is 0. The summed E-state index contributed by atoms with van der Waals surface area (Å²) in [6.45, 7) is 9.36. The minimum atomic E-state index is -0.712. The zero-order chi connectivity index (χ0) is 24.4. The van der Waals surface area contributed by atoms with Crippen LogP contribution in [0.5, 0.6) is 0 Å². The fourth-order valence-corrected chi connectivity index (χ4v) is 3.11. The number of carbonyl (C=O) groups excluding carboxylic acids is 3. The average molecular weight is 454 g/mol. The molecule has 3 N–H and O–H groups in total. The third kappa shape index (κ3) is 9.06. The second-order valence-corrected chi connectivity index (χ2v) is 8.74. The molecule has 7 nitrogen and oxygen atoms in total. The monoisotopic (exact) mass is 453 g/mol. The first-order valence-corrected chi connectivity index (χ1v) is 11.3. The summed E-state index contributed by atoms with van der Waals surface area (Å²) in [6.07, 6.45) is 0.530. The van der Waals surface area contributed by atoms with Crippen LogP contribution in [0.3, 0.4) is 0 Å². The van der Waals surface area contributed by atoms with E-state index in [0.29, 0.717) is 12.1 Å². The third-order valence-electron chi connectivity index (χ3n) is 4.96. The molecule has 0 heterocycles. The summed E-state index contributed by atoms with van der Waals surface area (Å²) < 4.78 is 5.21. The molecule has 7 heteroatoms. The average Bonchev–Trinajstić information content (AvgIpc) is 2.78. The maximum Gasteiger partial charge on any atom is 0.308 e. The van der Waals surface area contributed by atoms with E-state index in [-0.39, 0.29) is 36.4 Å². The molecule has 0 saturated heterocycles. The fraction of sp³-hybridized carbons (Fsp3) is 0.423. The molecule has 0 unspecified atom stereocenters. The molecule has 0 bridgehead atoms. The van der Waals surface area contributed by atoms with E-state index in [1.54, 1.807) is 45.0 Å². The summed E-state index contributed by atoms with van der Waals surface area (Å²) in [5.74, 6) is -0.972. The van der Waals surface area contributed by atoms with Crippen LogP contribution >= 0.6 is 0 Å². The molecule has 33 heavy (non-hydrogen) atoms. The number of carbonyl (C=O) groups is 3. The first-order valence-electron chi connectivity index (χ1n) is 11.3. The van der Waals surface area contributed by atoms with Crippen LogP contribution in [0.4, 0.5) is 5.69 Å². The van der Waals surface area contributed by atoms with Crippen molar-refractivity contribution in [2.45, 2.75) is 65.8 Å². The lowest BCUT2D eigenvalue weighted by atomic mass is 10.0. The number of ether oxygens (including phenoxy) is 1. The minimum absolute atomic E-state index is 0.118. The van der Waals surface area contributed by atoms with Crippen LogP contribution in [0, 0.1) is 5.92 Å². The predicted molar refractivity (Wildman–Crippen MR) is 130 cm³/mol. The fourth-order valence-electron chi connectivity index (χ4n) is 3.11. The van der Waals surface area contributed by atoms with Crippen molar-refractivity contribution in [2.75, 3.05) is 5.32 Å². The number of amides is 2. The van der Waals surface area contributed by atoms with Crippen molar-refractivity contribution in [2.24, 2.45) is 5.92 Å². The number of anilines is 1. The van der Waals surface area contributed by atoms with Crippen LogP contribution in [-0.4, -0.2) is 35.9 Å². The van der Waals surface area contributed by atoms with Gasteiger partial charge in [-0.2, -0.15) is 0 Å². The smallest absolute Gasteiger partial charge is 0.308 e. The summed E-state index contributed by atoms with van der Waals surface area (Å²) in [6, 6.07) is 15.8. The van der Waals surface area contributed by atoms with E-state index in [0.717, 1.165) is 11.1 Å². The van der Waals surface area contributed by atoms with Gasteiger partial charge in [0, 0.05) is 11.7 Å². The van der Waals surface area contributed by atoms with Gasteiger partial charge in [0.1, 0.15) is 12.6 Å². The van der Waals surface area contributed by atoms with Gasteiger partial charge in [0.15, 0.2) is 0 Å². The molecule has 0 aromatic heterocycles. The lowest BCUT2D eigenvalue weighted by molar-refractivity contribution is -0.148. The van der Waals surface area contributed by atoms with Gasteiger partial charge in [-0.1, -0.05) is 70.2 Å². The van der Waals surface area contributed by atoms with E-state index in [1.807, 2.05) is 44.2 Å². The van der Waals surface area contributed by atoms with Crippen LogP contribution < -0.4 is 16.0 Å². The number of nitrogens with one attached hydrogen (secondary N) is 3. The van der Waals surface area contributed by atoms with E-state index in [2.05, 4.69) is 16.0 Å². The van der Waals surface area contributed by atoms with Crippen molar-refractivity contribution >= 4 is 23.5 Å². The Morgan fingerprint density at radius 3 is 2.03 bits per heavy atom. The maximum atomic E-state index is 12.9. The Hall–Kier alpha value is -3.19. The number of hydrogen-bond acceptors (Lipinski definition) is 5. The van der Waals surface area contributed by atoms with Gasteiger partial charge in [-0.15, -0.1) is 0 Å². The Morgan fingerprint density at radius 1 is 0.818 bits per heavy atom. The van der Waals surface area contributed by atoms with Crippen molar-refractivity contribution in [1.82, 2.24) is 10.6 Å². The van der Waals surface area contributed by atoms with Gasteiger partial charge in [-0.3, -0.25) is 14.4 Å². The highest BCUT2D eigenvalue weighted by atomic mass is 16.5. The Labute approximate surface area is 196 Å². The van der Waals surface area contributed by atoms with Crippen LogP contribution in [-0.2, 0) is 32.1 Å². The van der Waals surface area contributed by atoms with Crippen LogP contribution in [0.25, 0.3) is 0 Å². The van der Waals surface area contributed by atoms with E-state index >= 15 is 0 Å². The highest BCUT2D eigenvalue weighted by molar-refractivity contribution is 5.97. The molecule has 0 aliphatic carbocycles. The molecule has 0 saturated carbocycles. The molecular weight excluding hydrogens is 418 g/mol. The predicted octanol–water partition coefficient (Wildman–Crippen LogP) is 3.44. The van der Waals surface area contributed by atoms with Crippen molar-refractivity contribution < 1.29 is 19.1 Å². The molecule has 2 atom stereocenters. The standard InChI is InChI=1S/C26H35N3O4/c1-17(2)26(32)33-16-21-11-13-22(14-12-21)29-24(30)19(5)28-25(31)23(27-18(3)4)15-20-9-7-6-8-10-20/h6-14,17-19,23,27H,15-16H2,1-5H3,(H,28,31)(H,29,30)/t19-,23-/m0/s1. The van der Waals surface area contributed by atoms with Crippen LogP contribution in [0.15, 0.2) is 54.6 Å². The summed E-state index contributed by atoms with van der Waals surface area (Å²) in [4.78, 5) is 37.1. The molecule has 2 aromatic carbocycles. The second kappa shape index (κ2) is 12.7. The van der Waals surface area contributed by atoms with Crippen LogP contribution in [0.2, 0.25) is 0 Å². The Balaban J connectivity index is 1.91. The Bertz CT molecular complexity index is 911. The zero-order valence-electron chi connectivity index (χ0n) is 20.1. The number of rotatable bonds is 11. The van der Waals surface area contributed by atoms with Gasteiger partial charge in [-0.05, 0) is 36.6 Å². The lowest BCUT2D eigenvalue weighted by Crippen LogP contribution is -2.52. The van der Waals surface area contributed by atoms with Gasteiger partial charge >= 0.3 is 5.97 Å². The molecule has 0 aliphatic rings. The van der Waals surface area contributed by atoms with Crippen molar-refractivity contribution in [3.8, 4) is 0 Å². The van der Waals surface area contributed by atoms with E-state index in [4.69, 9.17) is 4.74 Å². The number of esters is 1. The third-order valence-corrected chi connectivity index (χ3v) is 4.96. The normalized spacial score (nSPS) is 12.8. The van der Waals surface area contributed by atoms with Gasteiger partial charge in [-0.25, -0.2) is 0 Å². The lowest BCUT2D eigenvalue weighted by Gasteiger charge is -2.23. The number of hydrogen-bond donors (Lipinski definition) is 3. The van der Waals surface area contributed by atoms with Gasteiger partial charge in [0.2, 0.25) is 11.8 Å². The largest absolute Gasteiger partial charge is 0.461 e. The minimum Gasteiger partial charge on any atom is -0.461 e. The zero-order valence-corrected chi connectivity index (χ0v) is 20.1. The molecule has 2 aromatic rings. The maximum absolute atomic E-state index is 12.9. The molecule has 0 aliphatic heterocycles. The molecule has 0 spiro atoms. The van der Waals surface area contributed by atoms with Crippen LogP contribution in [0.1, 0.15) is 45.7 Å². The molecule has 0 radical (unpaired) electrons. The molecule has 2 rings (SSSR count). The van der Waals surface area contributed by atoms with Crippen molar-refractivity contribution in [1.29, 1.82) is 0 Å². The first kappa shape index (κ1) is 26.1. The number of benzene rings is 2. The Kier molecular flexibility index (Phi) is 10.1. The van der Waals surface area contributed by atoms with E-state index in [9.17, 15) is 14.4 Å². The first-order chi connectivity index (χ1) is 15.7. The highest BCUT2D eigenvalue weighted by Crippen LogP contribution is 2.12. The Morgan fingerprint density at radius 2 is 1.45 bits per heavy atom. The van der Waals surface area contributed by atoms with Gasteiger partial charge < -0.3 is 20.7 Å². The molecule has 0 fully saturated rings. The van der Waals surface area contributed by atoms with E-state index in [1.165, 1.54) is 0 Å². The molecule has 178 valence electrons. The van der Waals surface area contributed by atoms with Crippen molar-refractivity contribution in [3.63, 3.8) is 0 Å². The summed E-state index contributed by atoms with van der Waals surface area (Å²) in [5, 5.41) is 8.89. The molecule has 2 amide bonds. The summed E-state index contributed by atoms with van der Waals surface area (Å²) in [5.41, 5.74) is 2.47. The quantitative estimate of drug-likeness (QED) is 0.453. The van der Waals surface area contributed by atoms with E-state index < -0.39 is 12.1 Å². The van der Waals surface area contributed by atoms with Gasteiger partial charge in [0.05, 0.1) is 12.0 Å².